The Balaban J connectivity index is 0.00000312. The number of hydrogen-bond acceptors (Lipinski definition) is 4. The van der Waals surface area contributed by atoms with Gasteiger partial charge in [-0.15, -0.1) is 35.3 Å². The van der Waals surface area contributed by atoms with E-state index in [0.717, 1.165) is 42.8 Å². The van der Waals surface area contributed by atoms with Gasteiger partial charge in [-0.3, -0.25) is 0 Å². The third-order valence-electron chi connectivity index (χ3n) is 3.39. The largest absolute Gasteiger partial charge is 0.357 e. The van der Waals surface area contributed by atoms with Gasteiger partial charge in [0.1, 0.15) is 12.4 Å². The minimum absolute atomic E-state index is 0. The molecule has 0 saturated heterocycles. The highest BCUT2D eigenvalue weighted by Gasteiger charge is 2.05. The molecule has 2 heterocycles. The van der Waals surface area contributed by atoms with Crippen LogP contribution in [0.15, 0.2) is 23.6 Å². The summed E-state index contributed by atoms with van der Waals surface area (Å²) in [6.07, 6.45) is 6.70. The lowest BCUT2D eigenvalue weighted by atomic mass is 10.2. The molecule has 2 rings (SSSR count). The molecule has 0 amide bonds. The number of aromatic nitrogens is 3. The molecule has 0 radical (unpaired) electrons. The van der Waals surface area contributed by atoms with E-state index in [0.29, 0.717) is 12.5 Å². The summed E-state index contributed by atoms with van der Waals surface area (Å²) in [7, 11) is 0. The third kappa shape index (κ3) is 7.72. The van der Waals surface area contributed by atoms with Crippen molar-refractivity contribution >= 4 is 41.3 Å². The van der Waals surface area contributed by atoms with Gasteiger partial charge in [-0.05, 0) is 19.8 Å². The third-order valence-corrected chi connectivity index (χ3v) is 4.36. The number of hydrogen-bond donors (Lipinski definition) is 2. The lowest BCUT2D eigenvalue weighted by Gasteiger charge is -2.12. The lowest BCUT2D eigenvalue weighted by molar-refractivity contribution is 0.507. The second-order valence-electron chi connectivity index (χ2n) is 6.13. The molecule has 0 unspecified atom stereocenters. The SMILES string of the molecule is CCNC(=NCc1nccn1CC(C)C)NCCc1ncc(C)s1.I. The Bertz CT molecular complexity index is 649. The summed E-state index contributed by atoms with van der Waals surface area (Å²) in [5.74, 6) is 2.41. The predicted octanol–water partition coefficient (Wildman–Crippen LogP) is 3.22. The van der Waals surface area contributed by atoms with Gasteiger partial charge in [-0.25, -0.2) is 15.0 Å². The number of aliphatic imine (C=N–C) groups is 1. The second kappa shape index (κ2) is 11.5. The zero-order valence-electron chi connectivity index (χ0n) is 15.5. The summed E-state index contributed by atoms with van der Waals surface area (Å²) >= 11 is 1.75. The smallest absolute Gasteiger partial charge is 0.191 e. The Morgan fingerprint density at radius 2 is 2.12 bits per heavy atom. The number of halogens is 1. The van der Waals surface area contributed by atoms with Crippen molar-refractivity contribution in [3.8, 4) is 0 Å². The van der Waals surface area contributed by atoms with E-state index in [1.54, 1.807) is 11.3 Å². The molecular weight excluding hydrogens is 447 g/mol. The number of aryl methyl sites for hydroxylation is 1. The monoisotopic (exact) mass is 476 g/mol. The van der Waals surface area contributed by atoms with Crippen molar-refractivity contribution < 1.29 is 0 Å². The fourth-order valence-corrected chi connectivity index (χ4v) is 3.13. The van der Waals surface area contributed by atoms with Crippen LogP contribution in [0.1, 0.15) is 36.5 Å². The van der Waals surface area contributed by atoms with Crippen LogP contribution in [0.5, 0.6) is 0 Å². The van der Waals surface area contributed by atoms with Crippen LogP contribution in [0.2, 0.25) is 0 Å². The average Bonchev–Trinajstić information content (AvgIpc) is 3.13. The normalized spacial score (nSPS) is 11.5. The second-order valence-corrected chi connectivity index (χ2v) is 7.45. The Labute approximate surface area is 171 Å². The number of imidazole rings is 1. The topological polar surface area (TPSA) is 67.1 Å². The number of thiazole rings is 1. The first-order valence-electron chi connectivity index (χ1n) is 8.52. The van der Waals surface area contributed by atoms with E-state index in [-0.39, 0.29) is 24.0 Å². The maximum absolute atomic E-state index is 4.65. The van der Waals surface area contributed by atoms with Gasteiger partial charge in [-0.2, -0.15) is 0 Å². The van der Waals surface area contributed by atoms with E-state index in [2.05, 4.69) is 57.9 Å². The molecule has 0 spiro atoms. The predicted molar refractivity (Wildman–Crippen MR) is 116 cm³/mol. The molecule has 0 aromatic carbocycles. The molecule has 0 bridgehead atoms. The lowest BCUT2D eigenvalue weighted by Crippen LogP contribution is -2.38. The molecule has 2 aromatic heterocycles. The Kier molecular flexibility index (Phi) is 10.0. The summed E-state index contributed by atoms with van der Waals surface area (Å²) in [5, 5.41) is 7.81. The summed E-state index contributed by atoms with van der Waals surface area (Å²) in [5.41, 5.74) is 0. The Hall–Kier alpha value is -1.16. The standard InChI is InChI=1S/C17H28N6S.HI/c1-5-18-17(20-7-6-16-21-10-14(4)24-16)22-11-15-19-8-9-23(15)12-13(2)3;/h8-10,13H,5-7,11-12H2,1-4H3,(H2,18,20,22);1H. The van der Waals surface area contributed by atoms with Crippen LogP contribution in [0.3, 0.4) is 0 Å². The molecule has 140 valence electrons. The minimum Gasteiger partial charge on any atom is -0.357 e. The van der Waals surface area contributed by atoms with Gasteiger partial charge in [0.2, 0.25) is 0 Å². The van der Waals surface area contributed by atoms with Crippen LogP contribution in [0.4, 0.5) is 0 Å². The molecule has 0 aliphatic carbocycles. The maximum atomic E-state index is 4.65. The first kappa shape index (κ1) is 21.9. The van der Waals surface area contributed by atoms with Crippen LogP contribution >= 0.6 is 35.3 Å². The Morgan fingerprint density at radius 3 is 2.76 bits per heavy atom. The van der Waals surface area contributed by atoms with E-state index in [9.17, 15) is 0 Å². The fraction of sp³-hybridized carbons (Fsp3) is 0.588. The highest BCUT2D eigenvalue weighted by molar-refractivity contribution is 14.0. The highest BCUT2D eigenvalue weighted by atomic mass is 127. The molecule has 8 heteroatoms. The van der Waals surface area contributed by atoms with Gasteiger partial charge in [0.05, 0.1) is 5.01 Å². The van der Waals surface area contributed by atoms with Crippen LogP contribution in [0.25, 0.3) is 0 Å². The van der Waals surface area contributed by atoms with Crippen molar-refractivity contribution in [2.75, 3.05) is 13.1 Å². The minimum atomic E-state index is 0. The molecule has 2 N–H and O–H groups in total. The quantitative estimate of drug-likeness (QED) is 0.349. The molecule has 0 atom stereocenters. The first-order chi connectivity index (χ1) is 11.6. The molecule has 0 aliphatic rings. The number of nitrogens with zero attached hydrogens (tertiary/aromatic N) is 4. The van der Waals surface area contributed by atoms with Crippen molar-refractivity contribution in [2.45, 2.75) is 47.2 Å². The van der Waals surface area contributed by atoms with E-state index < -0.39 is 0 Å². The van der Waals surface area contributed by atoms with Crippen LogP contribution < -0.4 is 10.6 Å². The summed E-state index contributed by atoms with van der Waals surface area (Å²) in [4.78, 5) is 14.7. The van der Waals surface area contributed by atoms with Crippen molar-refractivity contribution in [1.82, 2.24) is 25.2 Å². The van der Waals surface area contributed by atoms with E-state index in [1.165, 1.54) is 4.88 Å². The van der Waals surface area contributed by atoms with Gasteiger partial charge in [0.25, 0.3) is 0 Å². The van der Waals surface area contributed by atoms with Gasteiger partial charge >= 0.3 is 0 Å². The maximum Gasteiger partial charge on any atom is 0.191 e. The van der Waals surface area contributed by atoms with Crippen LogP contribution in [0, 0.1) is 12.8 Å². The van der Waals surface area contributed by atoms with Gasteiger partial charge in [0, 0.05) is 49.5 Å². The fourth-order valence-electron chi connectivity index (χ4n) is 2.35. The zero-order valence-corrected chi connectivity index (χ0v) is 18.6. The molecule has 2 aromatic rings. The van der Waals surface area contributed by atoms with Crippen molar-refractivity contribution in [2.24, 2.45) is 10.9 Å². The molecule has 0 fully saturated rings. The molecular formula is C17H29IN6S. The van der Waals surface area contributed by atoms with E-state index >= 15 is 0 Å². The number of guanidine groups is 1. The highest BCUT2D eigenvalue weighted by Crippen LogP contribution is 2.11. The summed E-state index contributed by atoms with van der Waals surface area (Å²) in [6, 6.07) is 0. The number of nitrogens with one attached hydrogen (secondary N) is 2. The van der Waals surface area contributed by atoms with Crippen molar-refractivity contribution in [1.29, 1.82) is 0 Å². The van der Waals surface area contributed by atoms with Gasteiger partial charge in [-0.1, -0.05) is 13.8 Å². The number of rotatable bonds is 8. The molecule has 6 nitrogen and oxygen atoms in total. The average molecular weight is 476 g/mol. The molecule has 0 saturated carbocycles. The van der Waals surface area contributed by atoms with Gasteiger partial charge in [0.15, 0.2) is 5.96 Å². The van der Waals surface area contributed by atoms with Crippen molar-refractivity contribution in [3.05, 3.63) is 34.3 Å². The summed E-state index contributed by atoms with van der Waals surface area (Å²) < 4.78 is 2.18. The van der Waals surface area contributed by atoms with E-state index in [1.807, 2.05) is 18.6 Å². The molecule has 0 aliphatic heterocycles. The molecule has 25 heavy (non-hydrogen) atoms. The van der Waals surface area contributed by atoms with Crippen LogP contribution in [-0.4, -0.2) is 33.6 Å². The zero-order chi connectivity index (χ0) is 17.4. The van der Waals surface area contributed by atoms with E-state index in [4.69, 9.17) is 0 Å². The summed E-state index contributed by atoms with van der Waals surface area (Å²) in [6.45, 7) is 11.8. The first-order valence-corrected chi connectivity index (χ1v) is 9.33. The van der Waals surface area contributed by atoms with Gasteiger partial charge < -0.3 is 15.2 Å². The van der Waals surface area contributed by atoms with Crippen molar-refractivity contribution in [3.63, 3.8) is 0 Å². The van der Waals surface area contributed by atoms with Crippen LogP contribution in [-0.2, 0) is 19.5 Å². The Morgan fingerprint density at radius 1 is 1.32 bits per heavy atom.